The number of hydrogen-bond acceptors (Lipinski definition) is 3. The molecular weight excluding hydrogens is 236 g/mol. The maximum absolute atomic E-state index is 11.6. The summed E-state index contributed by atoms with van der Waals surface area (Å²) in [6.45, 7) is 2.60. The second kappa shape index (κ2) is 8.08. The zero-order valence-electron chi connectivity index (χ0n) is 10.8. The predicted octanol–water partition coefficient (Wildman–Crippen LogP) is 1.83. The zero-order valence-corrected chi connectivity index (χ0v) is 11.6. The molecule has 1 aromatic rings. The lowest BCUT2D eigenvalue weighted by molar-refractivity contribution is 0.594. The number of unbranched alkanes of at least 4 members (excludes halogenated alkanes) is 1. The van der Waals surface area contributed by atoms with E-state index in [1.54, 1.807) is 0 Å². The Labute approximate surface area is 104 Å². The summed E-state index contributed by atoms with van der Waals surface area (Å²) in [5, 5.41) is 0. The Morgan fingerprint density at radius 3 is 2.12 bits per heavy atom. The third kappa shape index (κ3) is 5.70. The summed E-state index contributed by atoms with van der Waals surface area (Å²) in [5.41, 5.74) is 5.24. The van der Waals surface area contributed by atoms with Gasteiger partial charge in [0.25, 0.3) is 0 Å². The summed E-state index contributed by atoms with van der Waals surface area (Å²) in [6, 6.07) is 9.20. The Kier molecular flexibility index (Phi) is 7.58. The summed E-state index contributed by atoms with van der Waals surface area (Å²) < 4.78 is 24.6. The minimum absolute atomic E-state index is 0.555. The molecule has 0 heterocycles. The van der Waals surface area contributed by atoms with Crippen LogP contribution in [0.2, 0.25) is 0 Å². The molecule has 0 aliphatic carbocycles. The lowest BCUT2D eigenvalue weighted by Gasteiger charge is -2.21. The molecular formula is C12H22N2O2S. The molecule has 0 aromatic heterocycles. The van der Waals surface area contributed by atoms with Crippen LogP contribution < -0.4 is 10.0 Å². The third-order valence-electron chi connectivity index (χ3n) is 2.16. The molecule has 98 valence electrons. The lowest BCUT2D eigenvalue weighted by Crippen LogP contribution is -2.30. The van der Waals surface area contributed by atoms with E-state index in [1.807, 2.05) is 37.3 Å². The van der Waals surface area contributed by atoms with E-state index in [9.17, 15) is 8.42 Å². The van der Waals surface area contributed by atoms with Gasteiger partial charge in [-0.25, -0.2) is 8.42 Å². The molecule has 0 atom stereocenters. The number of benzene rings is 1. The number of rotatable bonds is 5. The van der Waals surface area contributed by atoms with Gasteiger partial charge < -0.3 is 5.73 Å². The van der Waals surface area contributed by atoms with Crippen molar-refractivity contribution >= 4 is 15.7 Å². The molecule has 0 amide bonds. The van der Waals surface area contributed by atoms with Crippen LogP contribution in [0.25, 0.3) is 0 Å². The molecule has 1 rings (SSSR count). The van der Waals surface area contributed by atoms with E-state index in [-0.39, 0.29) is 0 Å². The van der Waals surface area contributed by atoms with Crippen LogP contribution in [0.1, 0.15) is 19.8 Å². The molecule has 0 fully saturated rings. The van der Waals surface area contributed by atoms with Gasteiger partial charge in [-0.05, 0) is 25.6 Å². The summed E-state index contributed by atoms with van der Waals surface area (Å²) in [7, 11) is -1.66. The highest BCUT2D eigenvalue weighted by Crippen LogP contribution is 2.17. The van der Waals surface area contributed by atoms with Crippen LogP contribution in [0, 0.1) is 0 Å². The number of anilines is 1. The smallest absolute Gasteiger partial charge is 0.232 e. The Balaban J connectivity index is 0.00000121. The van der Waals surface area contributed by atoms with Crippen molar-refractivity contribution in [2.24, 2.45) is 5.73 Å². The molecule has 2 N–H and O–H groups in total. The van der Waals surface area contributed by atoms with E-state index < -0.39 is 10.0 Å². The first-order valence-corrected chi connectivity index (χ1v) is 7.51. The highest BCUT2D eigenvalue weighted by Gasteiger charge is 2.15. The standard InChI is InChI=1S/C11H17NO2S.CH5N/c1-3-4-10-12(15(2,13)14)11-8-6-5-7-9-11;1-2/h5-9H,3-4,10H2,1-2H3;2H2,1H3. The number of nitrogens with zero attached hydrogens (tertiary/aromatic N) is 1. The first kappa shape index (κ1) is 15.9. The van der Waals surface area contributed by atoms with Crippen LogP contribution in [0.15, 0.2) is 30.3 Å². The van der Waals surface area contributed by atoms with Crippen LogP contribution in [0.5, 0.6) is 0 Å². The SMILES string of the molecule is CCCCN(c1ccccc1)S(C)(=O)=O.CN. The van der Waals surface area contributed by atoms with Gasteiger partial charge in [0.15, 0.2) is 0 Å². The van der Waals surface area contributed by atoms with Crippen LogP contribution in [0.4, 0.5) is 5.69 Å². The number of sulfonamides is 1. The minimum Gasteiger partial charge on any atom is -0.333 e. The van der Waals surface area contributed by atoms with Crippen molar-refractivity contribution in [1.82, 2.24) is 0 Å². The van der Waals surface area contributed by atoms with Crippen molar-refractivity contribution in [3.05, 3.63) is 30.3 Å². The third-order valence-corrected chi connectivity index (χ3v) is 3.35. The van der Waals surface area contributed by atoms with Gasteiger partial charge in [-0.3, -0.25) is 4.31 Å². The van der Waals surface area contributed by atoms with Gasteiger partial charge in [0.2, 0.25) is 10.0 Å². The van der Waals surface area contributed by atoms with Gasteiger partial charge in [-0.2, -0.15) is 0 Å². The largest absolute Gasteiger partial charge is 0.333 e. The fourth-order valence-electron chi connectivity index (χ4n) is 1.38. The molecule has 5 heteroatoms. The molecule has 0 aliphatic heterocycles. The van der Waals surface area contributed by atoms with E-state index in [1.165, 1.54) is 17.6 Å². The Hall–Kier alpha value is -1.07. The van der Waals surface area contributed by atoms with Crippen molar-refractivity contribution in [2.45, 2.75) is 19.8 Å². The molecule has 4 nitrogen and oxygen atoms in total. The molecule has 0 saturated carbocycles. The average molecular weight is 258 g/mol. The Morgan fingerprint density at radius 1 is 1.18 bits per heavy atom. The van der Waals surface area contributed by atoms with Gasteiger partial charge in [0, 0.05) is 6.54 Å². The summed E-state index contributed by atoms with van der Waals surface area (Å²) >= 11 is 0. The van der Waals surface area contributed by atoms with Gasteiger partial charge in [0.05, 0.1) is 11.9 Å². The molecule has 0 spiro atoms. The van der Waals surface area contributed by atoms with Crippen LogP contribution in [-0.4, -0.2) is 28.3 Å². The maximum atomic E-state index is 11.6. The predicted molar refractivity (Wildman–Crippen MR) is 73.7 cm³/mol. The molecule has 0 unspecified atom stereocenters. The molecule has 0 bridgehead atoms. The average Bonchev–Trinajstić information content (AvgIpc) is 2.32. The highest BCUT2D eigenvalue weighted by molar-refractivity contribution is 7.92. The van der Waals surface area contributed by atoms with E-state index >= 15 is 0 Å². The van der Waals surface area contributed by atoms with Crippen LogP contribution in [-0.2, 0) is 10.0 Å². The lowest BCUT2D eigenvalue weighted by atomic mass is 10.3. The van der Waals surface area contributed by atoms with E-state index in [0.717, 1.165) is 18.5 Å². The molecule has 0 radical (unpaired) electrons. The monoisotopic (exact) mass is 258 g/mol. The normalized spacial score (nSPS) is 10.4. The zero-order chi connectivity index (χ0) is 13.3. The van der Waals surface area contributed by atoms with E-state index in [0.29, 0.717) is 6.54 Å². The van der Waals surface area contributed by atoms with Crippen molar-refractivity contribution in [3.63, 3.8) is 0 Å². The quantitative estimate of drug-likeness (QED) is 0.876. The Bertz CT molecular complexity index is 390. The van der Waals surface area contributed by atoms with Gasteiger partial charge in [-0.15, -0.1) is 0 Å². The number of para-hydroxylation sites is 1. The molecule has 0 aliphatic rings. The fourth-order valence-corrected chi connectivity index (χ4v) is 2.35. The molecule has 1 aromatic carbocycles. The second-order valence-electron chi connectivity index (χ2n) is 3.52. The van der Waals surface area contributed by atoms with Crippen molar-refractivity contribution in [1.29, 1.82) is 0 Å². The van der Waals surface area contributed by atoms with Gasteiger partial charge in [0.1, 0.15) is 0 Å². The summed E-state index contributed by atoms with van der Waals surface area (Å²) in [6.07, 6.45) is 3.11. The number of nitrogens with two attached hydrogens (primary N) is 1. The summed E-state index contributed by atoms with van der Waals surface area (Å²) in [5.74, 6) is 0. The minimum atomic E-state index is -3.16. The highest BCUT2D eigenvalue weighted by atomic mass is 32.2. The number of hydrogen-bond donors (Lipinski definition) is 1. The maximum Gasteiger partial charge on any atom is 0.232 e. The van der Waals surface area contributed by atoms with Crippen LogP contribution >= 0.6 is 0 Å². The van der Waals surface area contributed by atoms with Gasteiger partial charge >= 0.3 is 0 Å². The molecule has 0 saturated heterocycles. The van der Waals surface area contributed by atoms with Gasteiger partial charge in [-0.1, -0.05) is 31.5 Å². The first-order chi connectivity index (χ1) is 8.05. The Morgan fingerprint density at radius 2 is 1.71 bits per heavy atom. The topological polar surface area (TPSA) is 63.4 Å². The van der Waals surface area contributed by atoms with E-state index in [4.69, 9.17) is 0 Å². The van der Waals surface area contributed by atoms with Crippen molar-refractivity contribution in [3.8, 4) is 0 Å². The molecule has 17 heavy (non-hydrogen) atoms. The van der Waals surface area contributed by atoms with Crippen molar-refractivity contribution in [2.75, 3.05) is 24.2 Å². The van der Waals surface area contributed by atoms with Crippen molar-refractivity contribution < 1.29 is 8.42 Å². The van der Waals surface area contributed by atoms with E-state index in [2.05, 4.69) is 5.73 Å². The second-order valence-corrected chi connectivity index (χ2v) is 5.43. The van der Waals surface area contributed by atoms with Crippen LogP contribution in [0.3, 0.4) is 0 Å². The first-order valence-electron chi connectivity index (χ1n) is 5.66. The fraction of sp³-hybridized carbons (Fsp3) is 0.500. The summed E-state index contributed by atoms with van der Waals surface area (Å²) in [4.78, 5) is 0.